The van der Waals surface area contributed by atoms with E-state index < -0.39 is 0 Å². The Kier molecular flexibility index (Phi) is 5.36. The van der Waals surface area contributed by atoms with Gasteiger partial charge in [0.25, 0.3) is 0 Å². The summed E-state index contributed by atoms with van der Waals surface area (Å²) in [4.78, 5) is 0. The molecule has 0 saturated heterocycles. The lowest BCUT2D eigenvalue weighted by Crippen LogP contribution is -2.23. The first-order valence-corrected chi connectivity index (χ1v) is 6.13. The molecule has 0 heterocycles. The van der Waals surface area contributed by atoms with Crippen LogP contribution in [0.1, 0.15) is 20.3 Å². The largest absolute Gasteiger partial charge is 0.488 e. The quantitative estimate of drug-likeness (QED) is 0.711. The highest BCUT2D eigenvalue weighted by atomic mass is 35.5. The van der Waals surface area contributed by atoms with Crippen LogP contribution in [0.3, 0.4) is 0 Å². The molecule has 0 aliphatic rings. The maximum absolute atomic E-state index is 13.0. The number of hydrogen-bond acceptors (Lipinski definition) is 1. The Labute approximate surface area is 106 Å². The van der Waals surface area contributed by atoms with E-state index in [4.69, 9.17) is 27.9 Å². The Balaban J connectivity index is 2.80. The van der Waals surface area contributed by atoms with Crippen LogP contribution in [0.5, 0.6) is 5.75 Å². The average Bonchev–Trinajstić information content (AvgIpc) is 2.22. The fourth-order valence-electron chi connectivity index (χ4n) is 1.37. The predicted octanol–water partition coefficient (Wildman–Crippen LogP) is 4.51. The zero-order valence-electron chi connectivity index (χ0n) is 9.34. The molecule has 16 heavy (non-hydrogen) atoms. The van der Waals surface area contributed by atoms with Crippen molar-refractivity contribution in [3.63, 3.8) is 0 Å². The van der Waals surface area contributed by atoms with Crippen molar-refractivity contribution in [3.8, 4) is 5.75 Å². The molecular formula is C12H15Cl2FO. The maximum Gasteiger partial charge on any atom is 0.141 e. The van der Waals surface area contributed by atoms with Crippen LogP contribution in [0, 0.1) is 11.7 Å². The molecule has 0 spiro atoms. The van der Waals surface area contributed by atoms with Gasteiger partial charge in [0.05, 0.1) is 5.02 Å². The third-order valence-electron chi connectivity index (χ3n) is 2.31. The third kappa shape index (κ3) is 3.84. The molecule has 0 saturated carbocycles. The van der Waals surface area contributed by atoms with Crippen molar-refractivity contribution >= 4 is 23.2 Å². The van der Waals surface area contributed by atoms with Crippen LogP contribution in [0.25, 0.3) is 0 Å². The second-order valence-corrected chi connectivity index (χ2v) is 4.74. The van der Waals surface area contributed by atoms with Crippen LogP contribution >= 0.6 is 23.2 Å². The monoisotopic (exact) mass is 264 g/mol. The number of rotatable bonds is 5. The second kappa shape index (κ2) is 6.31. The first-order valence-electron chi connectivity index (χ1n) is 5.22. The van der Waals surface area contributed by atoms with Crippen LogP contribution in [0.15, 0.2) is 18.2 Å². The van der Waals surface area contributed by atoms with Gasteiger partial charge in [-0.15, -0.1) is 11.6 Å². The van der Waals surface area contributed by atoms with Gasteiger partial charge in [-0.1, -0.05) is 25.4 Å². The van der Waals surface area contributed by atoms with Crippen LogP contribution in [0.2, 0.25) is 5.02 Å². The minimum absolute atomic E-state index is 0.0446. The van der Waals surface area contributed by atoms with E-state index in [0.29, 0.717) is 29.0 Å². The molecule has 4 heteroatoms. The lowest BCUT2D eigenvalue weighted by atomic mass is 10.1. The second-order valence-electron chi connectivity index (χ2n) is 3.95. The van der Waals surface area contributed by atoms with Gasteiger partial charge >= 0.3 is 0 Å². The Bertz CT molecular complexity index is 342. The lowest BCUT2D eigenvalue weighted by molar-refractivity contribution is 0.148. The van der Waals surface area contributed by atoms with E-state index in [0.717, 1.165) is 0 Å². The van der Waals surface area contributed by atoms with Crippen molar-refractivity contribution in [3.05, 3.63) is 29.0 Å². The van der Waals surface area contributed by atoms with Gasteiger partial charge in [-0.2, -0.15) is 0 Å². The number of alkyl halides is 1. The first kappa shape index (κ1) is 13.6. The van der Waals surface area contributed by atoms with Gasteiger partial charge in [0.15, 0.2) is 0 Å². The maximum atomic E-state index is 13.0. The van der Waals surface area contributed by atoms with Crippen molar-refractivity contribution in [2.45, 2.75) is 26.4 Å². The number of hydrogen-bond donors (Lipinski definition) is 0. The Morgan fingerprint density at radius 1 is 1.38 bits per heavy atom. The third-order valence-corrected chi connectivity index (χ3v) is 2.84. The van der Waals surface area contributed by atoms with Gasteiger partial charge in [0.2, 0.25) is 0 Å². The van der Waals surface area contributed by atoms with E-state index in [9.17, 15) is 4.39 Å². The summed E-state index contributed by atoms with van der Waals surface area (Å²) in [7, 11) is 0. The van der Waals surface area contributed by atoms with Crippen LogP contribution in [-0.4, -0.2) is 12.0 Å². The standard InChI is InChI=1S/C12H15Cl2FO/c1-8(2)11(5-6-13)16-12-7-9(15)3-4-10(12)14/h3-4,7-8,11H,5-6H2,1-2H3. The summed E-state index contributed by atoms with van der Waals surface area (Å²) < 4.78 is 18.7. The highest BCUT2D eigenvalue weighted by molar-refractivity contribution is 6.32. The van der Waals surface area contributed by atoms with Gasteiger partial charge in [-0.25, -0.2) is 4.39 Å². The van der Waals surface area contributed by atoms with Gasteiger partial charge in [0, 0.05) is 11.9 Å². The molecule has 1 nitrogen and oxygen atoms in total. The van der Waals surface area contributed by atoms with E-state index in [-0.39, 0.29) is 11.9 Å². The summed E-state index contributed by atoms with van der Waals surface area (Å²) in [5.41, 5.74) is 0. The van der Waals surface area contributed by atoms with E-state index >= 15 is 0 Å². The molecule has 0 aliphatic carbocycles. The molecule has 0 N–H and O–H groups in total. The molecule has 1 aromatic rings. The van der Waals surface area contributed by atoms with Crippen LogP contribution in [0.4, 0.5) is 4.39 Å². The highest BCUT2D eigenvalue weighted by Crippen LogP contribution is 2.28. The molecule has 0 aliphatic heterocycles. The van der Waals surface area contributed by atoms with E-state index in [1.807, 2.05) is 13.8 Å². The number of benzene rings is 1. The fraction of sp³-hybridized carbons (Fsp3) is 0.500. The molecule has 1 aromatic carbocycles. The van der Waals surface area contributed by atoms with Gasteiger partial charge < -0.3 is 4.74 Å². The molecule has 0 aromatic heterocycles. The lowest BCUT2D eigenvalue weighted by Gasteiger charge is -2.22. The van der Waals surface area contributed by atoms with Crippen LogP contribution < -0.4 is 4.74 Å². The molecule has 0 radical (unpaired) electrons. The van der Waals surface area contributed by atoms with Gasteiger partial charge in [-0.05, 0) is 24.5 Å². The van der Waals surface area contributed by atoms with Gasteiger partial charge in [-0.3, -0.25) is 0 Å². The summed E-state index contributed by atoms with van der Waals surface area (Å²) in [6.45, 7) is 4.06. The van der Waals surface area contributed by atoms with Crippen molar-refractivity contribution < 1.29 is 9.13 Å². The SMILES string of the molecule is CC(C)C(CCCl)Oc1cc(F)ccc1Cl. The van der Waals surface area contributed by atoms with Crippen molar-refractivity contribution in [1.82, 2.24) is 0 Å². The minimum atomic E-state index is -0.354. The molecular weight excluding hydrogens is 250 g/mol. The van der Waals surface area contributed by atoms with E-state index in [1.54, 1.807) is 0 Å². The van der Waals surface area contributed by atoms with Crippen molar-refractivity contribution in [2.24, 2.45) is 5.92 Å². The highest BCUT2D eigenvalue weighted by Gasteiger charge is 2.16. The molecule has 1 atom stereocenters. The summed E-state index contributed by atoms with van der Waals surface area (Å²) >= 11 is 11.6. The zero-order chi connectivity index (χ0) is 12.1. The summed E-state index contributed by atoms with van der Waals surface area (Å²) in [5.74, 6) is 0.840. The van der Waals surface area contributed by atoms with Crippen molar-refractivity contribution in [2.75, 3.05) is 5.88 Å². The molecule has 1 unspecified atom stereocenters. The summed E-state index contributed by atoms with van der Waals surface area (Å²) in [5, 5.41) is 0.418. The molecule has 90 valence electrons. The Morgan fingerprint density at radius 3 is 2.62 bits per heavy atom. The van der Waals surface area contributed by atoms with E-state index in [2.05, 4.69) is 0 Å². The van der Waals surface area contributed by atoms with Crippen molar-refractivity contribution in [1.29, 1.82) is 0 Å². The normalized spacial score (nSPS) is 12.9. The van der Waals surface area contributed by atoms with Crippen LogP contribution in [-0.2, 0) is 0 Å². The Hall–Kier alpha value is -0.470. The molecule has 0 amide bonds. The first-order chi connectivity index (χ1) is 7.54. The fourth-order valence-corrected chi connectivity index (χ4v) is 1.74. The van der Waals surface area contributed by atoms with E-state index in [1.165, 1.54) is 18.2 Å². The number of ether oxygens (including phenoxy) is 1. The zero-order valence-corrected chi connectivity index (χ0v) is 10.9. The summed E-state index contributed by atoms with van der Waals surface area (Å²) in [6.07, 6.45) is 0.670. The molecule has 0 bridgehead atoms. The summed E-state index contributed by atoms with van der Waals surface area (Å²) in [6, 6.07) is 4.09. The smallest absolute Gasteiger partial charge is 0.141 e. The van der Waals surface area contributed by atoms with Gasteiger partial charge in [0.1, 0.15) is 17.7 Å². The average molecular weight is 265 g/mol. The predicted molar refractivity (Wildman–Crippen MR) is 66.0 cm³/mol. The topological polar surface area (TPSA) is 9.23 Å². The Morgan fingerprint density at radius 2 is 2.06 bits per heavy atom. The molecule has 0 fully saturated rings. The number of halogens is 3. The molecule has 1 rings (SSSR count). The minimum Gasteiger partial charge on any atom is -0.488 e.